The van der Waals surface area contributed by atoms with Crippen LogP contribution in [-0.4, -0.2) is 28.9 Å². The summed E-state index contributed by atoms with van der Waals surface area (Å²) in [5.74, 6) is 0.688. The van der Waals surface area contributed by atoms with E-state index >= 15 is 0 Å². The Hall–Kier alpha value is -0.0600. The van der Waals surface area contributed by atoms with Crippen LogP contribution in [0.5, 0.6) is 0 Å². The van der Waals surface area contributed by atoms with Crippen molar-refractivity contribution in [2.45, 2.75) is 26.2 Å². The molecule has 1 aromatic rings. The van der Waals surface area contributed by atoms with Crippen LogP contribution < -0.4 is 0 Å². The van der Waals surface area contributed by atoms with Gasteiger partial charge in [0, 0.05) is 26.1 Å². The third kappa shape index (κ3) is 2.69. The fourth-order valence-corrected chi connectivity index (χ4v) is 3.23. The van der Waals surface area contributed by atoms with Crippen molar-refractivity contribution in [3.05, 3.63) is 15.9 Å². The van der Waals surface area contributed by atoms with E-state index in [9.17, 15) is 0 Å². The Balaban J connectivity index is 2.23. The van der Waals surface area contributed by atoms with Crippen LogP contribution in [0.2, 0.25) is 0 Å². The van der Waals surface area contributed by atoms with Crippen molar-refractivity contribution in [1.82, 2.24) is 9.78 Å². The van der Waals surface area contributed by atoms with Crippen molar-refractivity contribution in [2.24, 2.45) is 12.5 Å². The summed E-state index contributed by atoms with van der Waals surface area (Å²) in [5, 5.41) is 4.44. The average Bonchev–Trinajstić information content (AvgIpc) is 2.57. The molecule has 1 fully saturated rings. The van der Waals surface area contributed by atoms with E-state index in [2.05, 4.69) is 21.0 Å². The van der Waals surface area contributed by atoms with Crippen LogP contribution >= 0.6 is 27.5 Å². The molecule has 0 spiro atoms. The molecule has 17 heavy (non-hydrogen) atoms. The van der Waals surface area contributed by atoms with Gasteiger partial charge >= 0.3 is 0 Å². The first-order valence-electron chi connectivity index (χ1n) is 5.90. The monoisotopic (exact) mass is 320 g/mol. The second-order valence-corrected chi connectivity index (χ2v) is 5.95. The van der Waals surface area contributed by atoms with Gasteiger partial charge < -0.3 is 4.74 Å². The normalized spacial score (nSPS) is 19.5. The van der Waals surface area contributed by atoms with Gasteiger partial charge in [0.05, 0.1) is 15.9 Å². The Labute approximate surface area is 116 Å². The molecule has 1 aromatic heterocycles. The number of halogens is 2. The van der Waals surface area contributed by atoms with E-state index in [1.807, 2.05) is 18.7 Å². The lowest BCUT2D eigenvalue weighted by molar-refractivity contribution is 0.0249. The molecule has 0 atom stereocenters. The molecule has 2 heterocycles. The van der Waals surface area contributed by atoms with E-state index in [0.29, 0.717) is 5.88 Å². The topological polar surface area (TPSA) is 27.1 Å². The molecule has 0 amide bonds. The zero-order valence-corrected chi connectivity index (χ0v) is 12.6. The van der Waals surface area contributed by atoms with Crippen molar-refractivity contribution in [3.63, 3.8) is 0 Å². The Morgan fingerprint density at radius 2 is 2.12 bits per heavy atom. The maximum Gasteiger partial charge on any atom is 0.0738 e. The van der Waals surface area contributed by atoms with E-state index in [4.69, 9.17) is 16.3 Å². The first-order valence-corrected chi connectivity index (χ1v) is 7.22. The number of rotatable bonds is 3. The molecule has 1 saturated heterocycles. The molecule has 5 heteroatoms. The predicted octanol–water partition coefficient (Wildman–Crippen LogP) is 3.07. The minimum Gasteiger partial charge on any atom is -0.381 e. The highest BCUT2D eigenvalue weighted by Crippen LogP contribution is 2.37. The highest BCUT2D eigenvalue weighted by molar-refractivity contribution is 9.10. The lowest BCUT2D eigenvalue weighted by atomic mass is 9.78. The highest BCUT2D eigenvalue weighted by atomic mass is 79.9. The van der Waals surface area contributed by atoms with Gasteiger partial charge in [-0.05, 0) is 47.5 Å². The van der Waals surface area contributed by atoms with Gasteiger partial charge in [-0.15, -0.1) is 11.6 Å². The summed E-state index contributed by atoms with van der Waals surface area (Å²) in [5.41, 5.74) is 2.45. The number of alkyl halides is 1. The van der Waals surface area contributed by atoms with E-state index in [-0.39, 0.29) is 5.41 Å². The lowest BCUT2D eigenvalue weighted by Crippen LogP contribution is -2.34. The van der Waals surface area contributed by atoms with Gasteiger partial charge in [0.25, 0.3) is 0 Å². The Bertz CT molecular complexity index is 399. The third-order valence-electron chi connectivity index (χ3n) is 3.64. The van der Waals surface area contributed by atoms with E-state index in [0.717, 1.165) is 42.6 Å². The number of aromatic nitrogens is 2. The molecule has 96 valence electrons. The summed E-state index contributed by atoms with van der Waals surface area (Å²) in [7, 11) is 1.99. The van der Waals surface area contributed by atoms with Crippen molar-refractivity contribution in [3.8, 4) is 0 Å². The van der Waals surface area contributed by atoms with Crippen LogP contribution in [0.25, 0.3) is 0 Å². The summed E-state index contributed by atoms with van der Waals surface area (Å²) >= 11 is 9.82. The van der Waals surface area contributed by atoms with Gasteiger partial charge in [-0.25, -0.2) is 0 Å². The number of ether oxygens (including phenoxy) is 1. The molecule has 0 bridgehead atoms. The highest BCUT2D eigenvalue weighted by Gasteiger charge is 2.33. The van der Waals surface area contributed by atoms with Crippen LogP contribution in [0.3, 0.4) is 0 Å². The Morgan fingerprint density at radius 3 is 2.59 bits per heavy atom. The van der Waals surface area contributed by atoms with Crippen LogP contribution in [0.15, 0.2) is 4.47 Å². The molecular weight excluding hydrogens is 304 g/mol. The largest absolute Gasteiger partial charge is 0.381 e. The standard InChI is InChI=1S/C12H18BrClN2O/c1-9-11(13)10(16(2)15-9)7-12(8-14)3-5-17-6-4-12/h3-8H2,1-2H3. The van der Waals surface area contributed by atoms with Gasteiger partial charge in [-0.2, -0.15) is 5.10 Å². The summed E-state index contributed by atoms with van der Waals surface area (Å²) in [6.07, 6.45) is 3.04. The van der Waals surface area contributed by atoms with Crippen molar-refractivity contribution < 1.29 is 4.74 Å². The lowest BCUT2D eigenvalue weighted by Gasteiger charge is -2.35. The van der Waals surface area contributed by atoms with Crippen molar-refractivity contribution in [1.29, 1.82) is 0 Å². The first kappa shape index (κ1) is 13.4. The van der Waals surface area contributed by atoms with Crippen LogP contribution in [0.1, 0.15) is 24.2 Å². The molecule has 0 aliphatic carbocycles. The molecular formula is C12H18BrClN2O. The van der Waals surface area contributed by atoms with Crippen LogP contribution in [0, 0.1) is 12.3 Å². The maximum absolute atomic E-state index is 6.20. The summed E-state index contributed by atoms with van der Waals surface area (Å²) in [4.78, 5) is 0. The molecule has 0 radical (unpaired) electrons. The number of aryl methyl sites for hydroxylation is 2. The quantitative estimate of drug-likeness (QED) is 0.800. The predicted molar refractivity (Wildman–Crippen MR) is 72.6 cm³/mol. The Morgan fingerprint density at radius 1 is 1.47 bits per heavy atom. The van der Waals surface area contributed by atoms with Gasteiger partial charge in [-0.1, -0.05) is 0 Å². The van der Waals surface area contributed by atoms with Crippen molar-refractivity contribution >= 4 is 27.5 Å². The van der Waals surface area contributed by atoms with Crippen LogP contribution in [-0.2, 0) is 18.2 Å². The second kappa shape index (κ2) is 5.29. The van der Waals surface area contributed by atoms with Gasteiger partial charge in [0.2, 0.25) is 0 Å². The fourth-order valence-electron chi connectivity index (χ4n) is 2.39. The number of hydrogen-bond donors (Lipinski definition) is 0. The van der Waals surface area contributed by atoms with Gasteiger partial charge in [0.15, 0.2) is 0 Å². The molecule has 3 nitrogen and oxygen atoms in total. The molecule has 0 N–H and O–H groups in total. The minimum absolute atomic E-state index is 0.169. The summed E-state index contributed by atoms with van der Waals surface area (Å²) in [6, 6.07) is 0. The molecule has 1 aliphatic rings. The van der Waals surface area contributed by atoms with Gasteiger partial charge in [0.1, 0.15) is 0 Å². The summed E-state index contributed by atoms with van der Waals surface area (Å²) < 4.78 is 8.52. The minimum atomic E-state index is 0.169. The van der Waals surface area contributed by atoms with Gasteiger partial charge in [-0.3, -0.25) is 4.68 Å². The smallest absolute Gasteiger partial charge is 0.0738 e. The molecule has 1 aliphatic heterocycles. The van der Waals surface area contributed by atoms with Crippen LogP contribution in [0.4, 0.5) is 0 Å². The molecule has 0 unspecified atom stereocenters. The zero-order valence-electron chi connectivity index (χ0n) is 10.3. The first-order chi connectivity index (χ1) is 8.08. The third-order valence-corrected chi connectivity index (χ3v) is 5.24. The molecule has 2 rings (SSSR count). The van der Waals surface area contributed by atoms with E-state index in [1.54, 1.807) is 0 Å². The SMILES string of the molecule is Cc1nn(C)c(CC2(CCl)CCOCC2)c1Br. The fraction of sp³-hybridized carbons (Fsp3) is 0.750. The Kier molecular flexibility index (Phi) is 4.16. The molecule has 0 saturated carbocycles. The number of nitrogens with zero attached hydrogens (tertiary/aromatic N) is 2. The van der Waals surface area contributed by atoms with E-state index < -0.39 is 0 Å². The maximum atomic E-state index is 6.20. The summed E-state index contributed by atoms with van der Waals surface area (Å²) in [6.45, 7) is 3.66. The van der Waals surface area contributed by atoms with E-state index in [1.165, 1.54) is 5.69 Å². The number of hydrogen-bond acceptors (Lipinski definition) is 2. The van der Waals surface area contributed by atoms with Crippen molar-refractivity contribution in [2.75, 3.05) is 19.1 Å². The zero-order chi connectivity index (χ0) is 12.5. The average molecular weight is 322 g/mol. The molecule has 0 aromatic carbocycles. The second-order valence-electron chi connectivity index (χ2n) is 4.89.